The van der Waals surface area contributed by atoms with Crippen molar-refractivity contribution in [1.29, 1.82) is 0 Å². The lowest BCUT2D eigenvalue weighted by Gasteiger charge is -2.02. The maximum absolute atomic E-state index is 4.94. The average Bonchev–Trinajstić information content (AvgIpc) is 2.52. The third kappa shape index (κ3) is 2.23. The highest BCUT2D eigenvalue weighted by molar-refractivity contribution is 7.11. The number of nitrogens with zero attached hydrogens (tertiary/aromatic N) is 2. The molecule has 0 saturated heterocycles. The molecule has 1 N–H and O–H groups in total. The van der Waals surface area contributed by atoms with Crippen molar-refractivity contribution < 1.29 is 4.74 Å². The SMILES string of the molecule is CNC(C)c1nnc(COC)s1. The van der Waals surface area contributed by atoms with Gasteiger partial charge in [0.1, 0.15) is 10.0 Å². The zero-order valence-corrected chi connectivity index (χ0v) is 8.31. The van der Waals surface area contributed by atoms with Crippen LogP contribution in [0.4, 0.5) is 0 Å². The molecule has 4 nitrogen and oxygen atoms in total. The lowest BCUT2D eigenvalue weighted by atomic mass is 10.4. The van der Waals surface area contributed by atoms with Crippen molar-refractivity contribution >= 4 is 11.3 Å². The van der Waals surface area contributed by atoms with Crippen LogP contribution in [0.25, 0.3) is 0 Å². The predicted octanol–water partition coefficient (Wildman–Crippen LogP) is 0.965. The second-order valence-electron chi connectivity index (χ2n) is 2.48. The zero-order chi connectivity index (χ0) is 8.97. The van der Waals surface area contributed by atoms with E-state index in [-0.39, 0.29) is 6.04 Å². The minimum Gasteiger partial charge on any atom is -0.377 e. The summed E-state index contributed by atoms with van der Waals surface area (Å²) in [6.07, 6.45) is 0. The lowest BCUT2D eigenvalue weighted by molar-refractivity contribution is 0.184. The first-order valence-corrected chi connectivity index (χ1v) is 4.58. The summed E-state index contributed by atoms with van der Waals surface area (Å²) in [5.74, 6) is 0. The number of rotatable bonds is 4. The topological polar surface area (TPSA) is 47.0 Å². The second-order valence-corrected chi connectivity index (χ2v) is 3.57. The Kier molecular flexibility index (Phi) is 3.58. The van der Waals surface area contributed by atoms with Crippen molar-refractivity contribution in [2.45, 2.75) is 19.6 Å². The Morgan fingerprint density at radius 2 is 2.33 bits per heavy atom. The lowest BCUT2D eigenvalue weighted by Crippen LogP contribution is -2.11. The molecule has 1 aromatic rings. The molecule has 0 fully saturated rings. The molecule has 0 saturated carbocycles. The van der Waals surface area contributed by atoms with Gasteiger partial charge in [0.15, 0.2) is 0 Å². The Labute approximate surface area is 76.0 Å². The number of nitrogens with one attached hydrogen (secondary N) is 1. The third-order valence-electron chi connectivity index (χ3n) is 1.55. The van der Waals surface area contributed by atoms with Gasteiger partial charge in [-0.2, -0.15) is 0 Å². The van der Waals surface area contributed by atoms with E-state index in [9.17, 15) is 0 Å². The fourth-order valence-corrected chi connectivity index (χ4v) is 1.62. The highest BCUT2D eigenvalue weighted by Crippen LogP contribution is 2.17. The maximum Gasteiger partial charge on any atom is 0.143 e. The monoisotopic (exact) mass is 187 g/mol. The molecular weight excluding hydrogens is 174 g/mol. The summed E-state index contributed by atoms with van der Waals surface area (Å²) in [5, 5.41) is 13.0. The molecule has 1 unspecified atom stereocenters. The van der Waals surface area contributed by atoms with Gasteiger partial charge in [0.2, 0.25) is 0 Å². The van der Waals surface area contributed by atoms with E-state index in [2.05, 4.69) is 22.4 Å². The van der Waals surface area contributed by atoms with Crippen LogP contribution in [0.3, 0.4) is 0 Å². The first-order chi connectivity index (χ1) is 5.77. The minimum absolute atomic E-state index is 0.271. The van der Waals surface area contributed by atoms with E-state index in [1.165, 1.54) is 0 Å². The normalized spacial score (nSPS) is 13.2. The van der Waals surface area contributed by atoms with E-state index in [4.69, 9.17) is 4.74 Å². The molecule has 68 valence electrons. The molecule has 0 aromatic carbocycles. The molecule has 0 radical (unpaired) electrons. The molecule has 5 heteroatoms. The third-order valence-corrected chi connectivity index (χ3v) is 2.63. The van der Waals surface area contributed by atoms with Crippen LogP contribution in [-0.2, 0) is 11.3 Å². The standard InChI is InChI=1S/C7H13N3OS/c1-5(8-2)7-10-9-6(12-7)4-11-3/h5,8H,4H2,1-3H3. The fourth-order valence-electron chi connectivity index (χ4n) is 0.747. The number of methoxy groups -OCH3 is 1. The highest BCUT2D eigenvalue weighted by atomic mass is 32.1. The molecule has 1 rings (SSSR count). The van der Waals surface area contributed by atoms with E-state index in [0.29, 0.717) is 6.61 Å². The van der Waals surface area contributed by atoms with Crippen molar-refractivity contribution in [1.82, 2.24) is 15.5 Å². The maximum atomic E-state index is 4.94. The molecule has 0 spiro atoms. The molecule has 1 atom stereocenters. The number of hydrogen-bond acceptors (Lipinski definition) is 5. The van der Waals surface area contributed by atoms with Crippen LogP contribution < -0.4 is 5.32 Å². The summed E-state index contributed by atoms with van der Waals surface area (Å²) in [5.41, 5.74) is 0. The molecule has 0 aliphatic heterocycles. The average molecular weight is 187 g/mol. The smallest absolute Gasteiger partial charge is 0.143 e. The predicted molar refractivity (Wildman–Crippen MR) is 48.1 cm³/mol. The summed E-state index contributed by atoms with van der Waals surface area (Å²) < 4.78 is 4.94. The van der Waals surface area contributed by atoms with Crippen LogP contribution in [0, 0.1) is 0 Å². The first kappa shape index (κ1) is 9.57. The Morgan fingerprint density at radius 3 is 2.92 bits per heavy atom. The van der Waals surface area contributed by atoms with Crippen LogP contribution in [-0.4, -0.2) is 24.4 Å². The largest absolute Gasteiger partial charge is 0.377 e. The first-order valence-electron chi connectivity index (χ1n) is 3.76. The van der Waals surface area contributed by atoms with Gasteiger partial charge in [-0.1, -0.05) is 11.3 Å². The molecule has 0 aliphatic rings. The Bertz CT molecular complexity index is 238. The Balaban J connectivity index is 2.63. The molecule has 0 amide bonds. The number of hydrogen-bond donors (Lipinski definition) is 1. The van der Waals surface area contributed by atoms with Gasteiger partial charge in [-0.15, -0.1) is 10.2 Å². The van der Waals surface area contributed by atoms with Crippen molar-refractivity contribution in [3.63, 3.8) is 0 Å². The van der Waals surface area contributed by atoms with Gasteiger partial charge in [0.05, 0.1) is 12.6 Å². The van der Waals surface area contributed by atoms with Gasteiger partial charge in [-0.3, -0.25) is 0 Å². The van der Waals surface area contributed by atoms with Crippen molar-refractivity contribution in [3.8, 4) is 0 Å². The molecule has 1 aromatic heterocycles. The van der Waals surface area contributed by atoms with Gasteiger partial charge >= 0.3 is 0 Å². The van der Waals surface area contributed by atoms with Crippen LogP contribution in [0.1, 0.15) is 23.0 Å². The van der Waals surface area contributed by atoms with Gasteiger partial charge < -0.3 is 10.1 Å². The molecule has 1 heterocycles. The molecule has 0 bridgehead atoms. The number of ether oxygens (including phenoxy) is 1. The molecule has 0 aliphatic carbocycles. The van der Waals surface area contributed by atoms with Gasteiger partial charge in [-0.05, 0) is 14.0 Å². The Morgan fingerprint density at radius 1 is 1.58 bits per heavy atom. The van der Waals surface area contributed by atoms with Crippen LogP contribution in [0.5, 0.6) is 0 Å². The number of aromatic nitrogens is 2. The van der Waals surface area contributed by atoms with E-state index in [0.717, 1.165) is 10.0 Å². The highest BCUT2D eigenvalue weighted by Gasteiger charge is 2.08. The zero-order valence-electron chi connectivity index (χ0n) is 7.50. The van der Waals surface area contributed by atoms with Crippen molar-refractivity contribution in [3.05, 3.63) is 10.0 Å². The van der Waals surface area contributed by atoms with E-state index in [1.54, 1.807) is 18.4 Å². The van der Waals surface area contributed by atoms with Crippen LogP contribution in [0.15, 0.2) is 0 Å². The van der Waals surface area contributed by atoms with Gasteiger partial charge in [0.25, 0.3) is 0 Å². The Hall–Kier alpha value is -0.520. The van der Waals surface area contributed by atoms with E-state index < -0.39 is 0 Å². The van der Waals surface area contributed by atoms with Crippen molar-refractivity contribution in [2.75, 3.05) is 14.2 Å². The quantitative estimate of drug-likeness (QED) is 0.763. The molecular formula is C7H13N3OS. The van der Waals surface area contributed by atoms with E-state index >= 15 is 0 Å². The second kappa shape index (κ2) is 4.49. The van der Waals surface area contributed by atoms with Gasteiger partial charge in [-0.25, -0.2) is 0 Å². The summed E-state index contributed by atoms with van der Waals surface area (Å²) in [6.45, 7) is 2.60. The molecule has 12 heavy (non-hydrogen) atoms. The van der Waals surface area contributed by atoms with Gasteiger partial charge in [0, 0.05) is 7.11 Å². The van der Waals surface area contributed by atoms with E-state index in [1.807, 2.05) is 7.05 Å². The summed E-state index contributed by atoms with van der Waals surface area (Å²) in [6, 6.07) is 0.271. The fraction of sp³-hybridized carbons (Fsp3) is 0.714. The van der Waals surface area contributed by atoms with Crippen molar-refractivity contribution in [2.24, 2.45) is 0 Å². The van der Waals surface area contributed by atoms with Crippen LogP contribution in [0.2, 0.25) is 0 Å². The summed E-state index contributed by atoms with van der Waals surface area (Å²) >= 11 is 1.58. The van der Waals surface area contributed by atoms with Crippen LogP contribution >= 0.6 is 11.3 Å². The minimum atomic E-state index is 0.271. The summed E-state index contributed by atoms with van der Waals surface area (Å²) in [7, 11) is 3.56. The summed E-state index contributed by atoms with van der Waals surface area (Å²) in [4.78, 5) is 0.